The molecule has 0 aliphatic carbocycles. The molecular formula is C6H8MnN2O5. The van der Waals surface area contributed by atoms with E-state index in [0.29, 0.717) is 0 Å². The Morgan fingerprint density at radius 1 is 1.29 bits per heavy atom. The summed E-state index contributed by atoms with van der Waals surface area (Å²) >= 11 is 0. The molecule has 0 fully saturated rings. The number of hydrogen-bond donors (Lipinski definition) is 2. The SMILES string of the molecule is NC(=O)N[C@@H](CCC(=O)[O-])C(=O)[O-].[Mn+2]. The van der Waals surface area contributed by atoms with Crippen molar-refractivity contribution in [3.8, 4) is 0 Å². The van der Waals surface area contributed by atoms with Crippen LogP contribution in [0.15, 0.2) is 0 Å². The molecule has 0 aliphatic heterocycles. The van der Waals surface area contributed by atoms with Gasteiger partial charge >= 0.3 is 23.1 Å². The van der Waals surface area contributed by atoms with Crippen molar-refractivity contribution in [2.24, 2.45) is 5.73 Å². The van der Waals surface area contributed by atoms with Gasteiger partial charge in [0.15, 0.2) is 0 Å². The molecule has 0 aromatic rings. The van der Waals surface area contributed by atoms with Gasteiger partial charge in [-0.05, 0) is 12.8 Å². The number of amides is 2. The fourth-order valence-corrected chi connectivity index (χ4v) is 0.683. The topological polar surface area (TPSA) is 135 Å². The number of carbonyl (C=O) groups is 3. The van der Waals surface area contributed by atoms with Gasteiger partial charge in [0.2, 0.25) is 0 Å². The molecule has 0 saturated carbocycles. The van der Waals surface area contributed by atoms with Gasteiger partial charge in [0.05, 0.1) is 12.0 Å². The fraction of sp³-hybridized carbons (Fsp3) is 0.500. The second-order valence-corrected chi connectivity index (χ2v) is 2.29. The molecule has 8 heteroatoms. The van der Waals surface area contributed by atoms with Gasteiger partial charge in [-0.25, -0.2) is 4.79 Å². The average molecular weight is 243 g/mol. The number of primary amides is 1. The smallest absolute Gasteiger partial charge is 0.550 e. The van der Waals surface area contributed by atoms with Crippen LogP contribution < -0.4 is 21.3 Å². The van der Waals surface area contributed by atoms with Crippen LogP contribution in [-0.2, 0) is 26.7 Å². The zero-order valence-corrected chi connectivity index (χ0v) is 8.17. The van der Waals surface area contributed by atoms with Gasteiger partial charge in [-0.3, -0.25) is 0 Å². The number of hydrogen-bond acceptors (Lipinski definition) is 5. The maximum Gasteiger partial charge on any atom is 2.00 e. The molecule has 79 valence electrons. The number of nitrogens with one attached hydrogen (secondary N) is 1. The van der Waals surface area contributed by atoms with E-state index in [-0.39, 0.29) is 23.5 Å². The maximum absolute atomic E-state index is 10.3. The van der Waals surface area contributed by atoms with E-state index >= 15 is 0 Å². The molecule has 0 bridgehead atoms. The van der Waals surface area contributed by atoms with Gasteiger partial charge in [-0.15, -0.1) is 0 Å². The monoisotopic (exact) mass is 243 g/mol. The van der Waals surface area contributed by atoms with Crippen LogP contribution in [0.4, 0.5) is 4.79 Å². The zero-order chi connectivity index (χ0) is 10.4. The third-order valence-electron chi connectivity index (χ3n) is 1.24. The van der Waals surface area contributed by atoms with E-state index in [0.717, 1.165) is 0 Å². The van der Waals surface area contributed by atoms with Crippen LogP contribution in [0.25, 0.3) is 0 Å². The summed E-state index contributed by atoms with van der Waals surface area (Å²) in [5.41, 5.74) is 4.63. The Kier molecular flexibility index (Phi) is 7.78. The number of aliphatic carboxylic acids is 2. The number of rotatable bonds is 5. The van der Waals surface area contributed by atoms with E-state index in [1.807, 2.05) is 5.32 Å². The Balaban J connectivity index is 0. The minimum Gasteiger partial charge on any atom is -0.550 e. The number of urea groups is 1. The van der Waals surface area contributed by atoms with Crippen molar-refractivity contribution in [1.29, 1.82) is 0 Å². The van der Waals surface area contributed by atoms with Gasteiger partial charge in [0.1, 0.15) is 0 Å². The summed E-state index contributed by atoms with van der Waals surface area (Å²) in [4.78, 5) is 30.4. The van der Waals surface area contributed by atoms with Gasteiger partial charge in [0, 0.05) is 5.97 Å². The van der Waals surface area contributed by atoms with Crippen LogP contribution >= 0.6 is 0 Å². The molecule has 0 aromatic carbocycles. The molecule has 3 N–H and O–H groups in total. The van der Waals surface area contributed by atoms with Crippen LogP contribution in [0.2, 0.25) is 0 Å². The Morgan fingerprint density at radius 2 is 1.79 bits per heavy atom. The molecule has 2 amide bonds. The molecule has 14 heavy (non-hydrogen) atoms. The number of carbonyl (C=O) groups excluding carboxylic acids is 3. The largest absolute Gasteiger partial charge is 2.00 e. The zero-order valence-electron chi connectivity index (χ0n) is 6.99. The number of carboxylic acids is 2. The molecule has 7 nitrogen and oxygen atoms in total. The van der Waals surface area contributed by atoms with E-state index in [2.05, 4.69) is 5.73 Å². The Labute approximate surface area is 90.1 Å². The van der Waals surface area contributed by atoms with E-state index < -0.39 is 30.4 Å². The molecule has 0 aliphatic rings. The minimum atomic E-state index is -1.58. The minimum absolute atomic E-state index is 0. The van der Waals surface area contributed by atoms with Crippen LogP contribution in [0.3, 0.4) is 0 Å². The standard InChI is InChI=1S/C6H10N2O5.Mn/c7-6(13)8-3(5(11)12)1-2-4(9)10;/h3H,1-2H2,(H,9,10)(H,11,12)(H3,7,8,13);/q;+2/p-2/t3-;/m0./s1. The summed E-state index contributed by atoms with van der Waals surface area (Å²) in [5.74, 6) is -2.99. The summed E-state index contributed by atoms with van der Waals surface area (Å²) < 4.78 is 0. The summed E-state index contributed by atoms with van der Waals surface area (Å²) in [6.45, 7) is 0. The van der Waals surface area contributed by atoms with Gasteiger partial charge < -0.3 is 30.9 Å². The van der Waals surface area contributed by atoms with E-state index in [4.69, 9.17) is 0 Å². The number of nitrogens with two attached hydrogens (primary N) is 1. The average Bonchev–Trinajstić information content (AvgIpc) is 1.96. The van der Waals surface area contributed by atoms with Crippen molar-refractivity contribution in [1.82, 2.24) is 5.32 Å². The normalized spacial score (nSPS) is 10.9. The van der Waals surface area contributed by atoms with Crippen molar-refractivity contribution in [2.45, 2.75) is 18.9 Å². The molecular weight excluding hydrogens is 235 g/mol. The molecule has 0 heterocycles. The first-order chi connectivity index (χ1) is 5.93. The first-order valence-electron chi connectivity index (χ1n) is 3.40. The second kappa shape index (κ2) is 7.16. The Bertz CT molecular complexity index is 232. The van der Waals surface area contributed by atoms with Crippen molar-refractivity contribution in [3.05, 3.63) is 0 Å². The molecule has 1 radical (unpaired) electrons. The molecule has 0 unspecified atom stereocenters. The molecule has 0 spiro atoms. The van der Waals surface area contributed by atoms with E-state index in [1.165, 1.54) is 0 Å². The van der Waals surface area contributed by atoms with Crippen molar-refractivity contribution in [3.63, 3.8) is 0 Å². The third-order valence-corrected chi connectivity index (χ3v) is 1.24. The van der Waals surface area contributed by atoms with Crippen LogP contribution in [0.1, 0.15) is 12.8 Å². The van der Waals surface area contributed by atoms with Gasteiger partial charge in [0.25, 0.3) is 0 Å². The van der Waals surface area contributed by atoms with Crippen molar-refractivity contribution < 1.29 is 41.7 Å². The van der Waals surface area contributed by atoms with Crippen LogP contribution in [0, 0.1) is 0 Å². The summed E-state index contributed by atoms with van der Waals surface area (Å²) in [5, 5.41) is 22.0. The maximum atomic E-state index is 10.3. The van der Waals surface area contributed by atoms with Crippen molar-refractivity contribution >= 4 is 18.0 Å². The third kappa shape index (κ3) is 7.38. The van der Waals surface area contributed by atoms with Gasteiger partial charge in [-0.1, -0.05) is 0 Å². The van der Waals surface area contributed by atoms with Crippen LogP contribution in [0.5, 0.6) is 0 Å². The van der Waals surface area contributed by atoms with Gasteiger partial charge in [-0.2, -0.15) is 0 Å². The predicted molar refractivity (Wildman–Crippen MR) is 35.8 cm³/mol. The quantitative estimate of drug-likeness (QED) is 0.479. The Morgan fingerprint density at radius 3 is 2.07 bits per heavy atom. The first kappa shape index (κ1) is 15.2. The first-order valence-corrected chi connectivity index (χ1v) is 3.40. The molecule has 1 atom stereocenters. The molecule has 0 rings (SSSR count). The summed E-state index contributed by atoms with van der Waals surface area (Å²) in [6.07, 6.45) is -0.799. The molecule has 0 aromatic heterocycles. The fourth-order valence-electron chi connectivity index (χ4n) is 0.683. The van der Waals surface area contributed by atoms with E-state index in [1.54, 1.807) is 0 Å². The van der Waals surface area contributed by atoms with Crippen molar-refractivity contribution in [2.75, 3.05) is 0 Å². The second-order valence-electron chi connectivity index (χ2n) is 2.29. The summed E-state index contributed by atoms with van der Waals surface area (Å²) in [7, 11) is 0. The number of carboxylic acid groups (broad SMARTS) is 2. The predicted octanol–water partition coefficient (Wildman–Crippen LogP) is -3.70. The van der Waals surface area contributed by atoms with Crippen LogP contribution in [-0.4, -0.2) is 24.0 Å². The van der Waals surface area contributed by atoms with E-state index in [9.17, 15) is 24.6 Å². The molecule has 0 saturated heterocycles. The summed E-state index contributed by atoms with van der Waals surface area (Å²) in [6, 6.07) is -2.44. The Hall–Kier alpha value is -1.27.